The normalized spacial score (nSPS) is 10.8. The molecule has 0 radical (unpaired) electrons. The zero-order valence-corrected chi connectivity index (χ0v) is 15.5. The zero-order chi connectivity index (χ0) is 19.3. The van der Waals surface area contributed by atoms with Gasteiger partial charge in [0, 0.05) is 16.0 Å². The molecule has 2 aromatic carbocycles. The van der Waals surface area contributed by atoms with Gasteiger partial charge >= 0.3 is 0 Å². The number of para-hydroxylation sites is 1. The van der Waals surface area contributed by atoms with Crippen molar-refractivity contribution in [1.29, 1.82) is 0 Å². The molecule has 2 aromatic rings. The van der Waals surface area contributed by atoms with Crippen molar-refractivity contribution in [3.63, 3.8) is 0 Å². The van der Waals surface area contributed by atoms with Crippen LogP contribution in [0.25, 0.3) is 0 Å². The highest BCUT2D eigenvalue weighted by Gasteiger charge is 2.22. The summed E-state index contributed by atoms with van der Waals surface area (Å²) >= 11 is 5.82. The summed E-state index contributed by atoms with van der Waals surface area (Å²) in [6, 6.07) is 12.9. The van der Waals surface area contributed by atoms with E-state index in [0.717, 1.165) is 0 Å². The Morgan fingerprint density at radius 1 is 0.846 bits per heavy atom. The first kappa shape index (κ1) is 19.5. The van der Waals surface area contributed by atoms with Crippen LogP contribution in [0.5, 0.6) is 0 Å². The number of amides is 3. The van der Waals surface area contributed by atoms with Crippen LogP contribution in [0.4, 0.5) is 5.69 Å². The lowest BCUT2D eigenvalue weighted by Gasteiger charge is -2.18. The molecule has 0 atom stereocenters. The lowest BCUT2D eigenvalue weighted by Crippen LogP contribution is -2.46. The summed E-state index contributed by atoms with van der Waals surface area (Å²) in [6.45, 7) is 5.19. The van der Waals surface area contributed by atoms with Crippen LogP contribution in [0.15, 0.2) is 48.5 Å². The summed E-state index contributed by atoms with van der Waals surface area (Å²) in [5.74, 6) is -1.23. The Hall–Kier alpha value is -2.86. The monoisotopic (exact) mass is 373 g/mol. The van der Waals surface area contributed by atoms with Crippen LogP contribution >= 0.6 is 11.6 Å². The van der Waals surface area contributed by atoms with Crippen LogP contribution in [0.2, 0.25) is 5.02 Å². The topological polar surface area (TPSA) is 87.3 Å². The van der Waals surface area contributed by atoms with E-state index < -0.39 is 11.3 Å². The van der Waals surface area contributed by atoms with Gasteiger partial charge in [-0.25, -0.2) is 0 Å². The highest BCUT2D eigenvalue weighted by molar-refractivity contribution is 6.30. The van der Waals surface area contributed by atoms with Crippen molar-refractivity contribution in [2.75, 3.05) is 5.32 Å². The molecule has 0 fully saturated rings. The van der Waals surface area contributed by atoms with Gasteiger partial charge in [-0.1, -0.05) is 44.5 Å². The van der Waals surface area contributed by atoms with Crippen LogP contribution in [-0.2, 0) is 4.79 Å². The predicted octanol–water partition coefficient (Wildman–Crippen LogP) is 3.40. The summed E-state index contributed by atoms with van der Waals surface area (Å²) in [7, 11) is 0. The number of halogens is 1. The quantitative estimate of drug-likeness (QED) is 0.720. The van der Waals surface area contributed by atoms with Gasteiger partial charge in [0.25, 0.3) is 11.8 Å². The van der Waals surface area contributed by atoms with Crippen molar-refractivity contribution in [3.8, 4) is 0 Å². The maximum absolute atomic E-state index is 12.4. The first-order valence-electron chi connectivity index (χ1n) is 7.95. The van der Waals surface area contributed by atoms with Gasteiger partial charge in [-0.2, -0.15) is 0 Å². The molecule has 2 rings (SSSR count). The Morgan fingerprint density at radius 2 is 1.46 bits per heavy atom. The second kappa shape index (κ2) is 8.01. The van der Waals surface area contributed by atoms with E-state index in [2.05, 4.69) is 16.2 Å². The van der Waals surface area contributed by atoms with Crippen LogP contribution in [-0.4, -0.2) is 17.7 Å². The third-order valence-electron chi connectivity index (χ3n) is 3.50. The molecule has 0 unspecified atom stereocenters. The molecular weight excluding hydrogens is 354 g/mol. The number of benzene rings is 2. The second-order valence-electron chi connectivity index (χ2n) is 6.66. The summed E-state index contributed by atoms with van der Waals surface area (Å²) < 4.78 is 0. The van der Waals surface area contributed by atoms with Crippen molar-refractivity contribution in [3.05, 3.63) is 64.7 Å². The van der Waals surface area contributed by atoms with Crippen molar-refractivity contribution < 1.29 is 14.4 Å². The van der Waals surface area contributed by atoms with E-state index in [1.165, 1.54) is 0 Å². The standard InChI is InChI=1S/C19H20ClN3O3/c1-19(2,3)18(26)23-22-17(25)14-6-4-5-7-15(14)21-16(24)12-8-10-13(20)11-9-12/h4-11H,1-3H3,(H,21,24)(H,22,25)(H,23,26). The second-order valence-corrected chi connectivity index (χ2v) is 7.10. The summed E-state index contributed by atoms with van der Waals surface area (Å²) in [6.07, 6.45) is 0. The van der Waals surface area contributed by atoms with E-state index in [1.807, 2.05) is 0 Å². The number of hydrogen-bond donors (Lipinski definition) is 3. The number of anilines is 1. The number of carbonyl (C=O) groups excluding carboxylic acids is 3. The van der Waals surface area contributed by atoms with Crippen molar-refractivity contribution in [2.24, 2.45) is 5.41 Å². The Bertz CT molecular complexity index is 827. The molecule has 0 aliphatic carbocycles. The fourth-order valence-electron chi connectivity index (χ4n) is 1.95. The van der Waals surface area contributed by atoms with Crippen molar-refractivity contribution >= 4 is 35.0 Å². The van der Waals surface area contributed by atoms with E-state index in [9.17, 15) is 14.4 Å². The minimum Gasteiger partial charge on any atom is -0.321 e. The van der Waals surface area contributed by atoms with Gasteiger partial charge in [-0.05, 0) is 36.4 Å². The molecule has 0 spiro atoms. The molecule has 0 bridgehead atoms. The molecule has 0 aliphatic rings. The Kier molecular flexibility index (Phi) is 6.00. The first-order chi connectivity index (χ1) is 12.2. The van der Waals surface area contributed by atoms with Gasteiger partial charge in [0.1, 0.15) is 0 Å². The van der Waals surface area contributed by atoms with Gasteiger partial charge in [-0.15, -0.1) is 0 Å². The lowest BCUT2D eigenvalue weighted by molar-refractivity contribution is -0.129. The smallest absolute Gasteiger partial charge is 0.271 e. The Labute approximate surface area is 156 Å². The van der Waals surface area contributed by atoms with Crippen LogP contribution in [0.3, 0.4) is 0 Å². The molecular formula is C19H20ClN3O3. The molecule has 0 aromatic heterocycles. The Balaban J connectivity index is 2.12. The number of hydrazine groups is 1. The largest absolute Gasteiger partial charge is 0.321 e. The molecule has 0 heterocycles. The van der Waals surface area contributed by atoms with Crippen molar-refractivity contribution in [2.45, 2.75) is 20.8 Å². The highest BCUT2D eigenvalue weighted by Crippen LogP contribution is 2.17. The Morgan fingerprint density at radius 3 is 2.08 bits per heavy atom. The van der Waals surface area contributed by atoms with E-state index in [0.29, 0.717) is 16.3 Å². The number of hydrogen-bond acceptors (Lipinski definition) is 3. The number of carbonyl (C=O) groups is 3. The molecule has 0 saturated carbocycles. The minimum atomic E-state index is -0.643. The maximum Gasteiger partial charge on any atom is 0.271 e. The minimum absolute atomic E-state index is 0.226. The van der Waals surface area contributed by atoms with Crippen LogP contribution in [0.1, 0.15) is 41.5 Å². The first-order valence-corrected chi connectivity index (χ1v) is 8.33. The van der Waals surface area contributed by atoms with Gasteiger partial charge in [-0.3, -0.25) is 25.2 Å². The van der Waals surface area contributed by atoms with Crippen molar-refractivity contribution in [1.82, 2.24) is 10.9 Å². The van der Waals surface area contributed by atoms with E-state index in [-0.39, 0.29) is 17.4 Å². The molecule has 7 heteroatoms. The molecule has 136 valence electrons. The van der Waals surface area contributed by atoms with Crippen LogP contribution in [0, 0.1) is 5.41 Å². The third-order valence-corrected chi connectivity index (χ3v) is 3.75. The fourth-order valence-corrected chi connectivity index (χ4v) is 2.08. The number of nitrogens with one attached hydrogen (secondary N) is 3. The molecule has 0 aliphatic heterocycles. The maximum atomic E-state index is 12.4. The van der Waals surface area contributed by atoms with Crippen LogP contribution < -0.4 is 16.2 Å². The summed E-state index contributed by atoms with van der Waals surface area (Å²) in [5, 5.41) is 3.21. The van der Waals surface area contributed by atoms with Gasteiger partial charge in [0.05, 0.1) is 11.3 Å². The average Bonchev–Trinajstić information content (AvgIpc) is 2.59. The summed E-state index contributed by atoms with van der Waals surface area (Å²) in [5.41, 5.74) is 5.05. The van der Waals surface area contributed by atoms with E-state index in [4.69, 9.17) is 11.6 Å². The molecule has 3 N–H and O–H groups in total. The predicted molar refractivity (Wildman–Crippen MR) is 101 cm³/mol. The zero-order valence-electron chi connectivity index (χ0n) is 14.7. The third kappa shape index (κ3) is 5.07. The van der Waals surface area contributed by atoms with Gasteiger partial charge in [0.15, 0.2) is 0 Å². The summed E-state index contributed by atoms with van der Waals surface area (Å²) in [4.78, 5) is 36.6. The van der Waals surface area contributed by atoms with E-state index >= 15 is 0 Å². The molecule has 26 heavy (non-hydrogen) atoms. The molecule has 0 saturated heterocycles. The molecule has 6 nitrogen and oxygen atoms in total. The van der Waals surface area contributed by atoms with Gasteiger partial charge < -0.3 is 5.32 Å². The molecule has 3 amide bonds. The van der Waals surface area contributed by atoms with Gasteiger partial charge in [0.2, 0.25) is 5.91 Å². The van der Waals surface area contributed by atoms with E-state index in [1.54, 1.807) is 69.3 Å². The highest BCUT2D eigenvalue weighted by atomic mass is 35.5. The average molecular weight is 374 g/mol. The lowest BCUT2D eigenvalue weighted by atomic mass is 9.96. The number of rotatable bonds is 3. The SMILES string of the molecule is CC(C)(C)C(=O)NNC(=O)c1ccccc1NC(=O)c1ccc(Cl)cc1. The fraction of sp³-hybridized carbons (Fsp3) is 0.211.